The van der Waals surface area contributed by atoms with E-state index >= 15 is 0 Å². The summed E-state index contributed by atoms with van der Waals surface area (Å²) < 4.78 is 5.18. The number of amides is 1. The van der Waals surface area contributed by atoms with Gasteiger partial charge in [-0.05, 0) is 37.5 Å². The van der Waals surface area contributed by atoms with E-state index in [0.717, 1.165) is 18.6 Å². The topological polar surface area (TPSA) is 64.3 Å². The Morgan fingerprint density at radius 2 is 2.05 bits per heavy atom. The maximum absolute atomic E-state index is 11.6. The molecule has 1 saturated carbocycles. The second-order valence-electron chi connectivity index (χ2n) is 5.37. The van der Waals surface area contributed by atoms with E-state index in [-0.39, 0.29) is 11.3 Å². The van der Waals surface area contributed by atoms with Crippen LogP contribution in [-0.2, 0) is 10.2 Å². The third-order valence-corrected chi connectivity index (χ3v) is 4.03. The number of hydrogen-bond donors (Lipinski definition) is 2. The van der Waals surface area contributed by atoms with Crippen molar-refractivity contribution < 1.29 is 9.53 Å². The minimum atomic E-state index is -0.451. The molecular weight excluding hydrogens is 240 g/mol. The minimum absolute atomic E-state index is 0.0802. The molecule has 0 spiro atoms. The zero-order valence-corrected chi connectivity index (χ0v) is 11.6. The maximum Gasteiger partial charge on any atom is 0.236 e. The first-order valence-electron chi connectivity index (χ1n) is 6.75. The van der Waals surface area contributed by atoms with Gasteiger partial charge in [-0.2, -0.15) is 0 Å². The van der Waals surface area contributed by atoms with E-state index in [1.165, 1.54) is 12.0 Å². The highest BCUT2D eigenvalue weighted by Gasteiger charge is 2.38. The van der Waals surface area contributed by atoms with Gasteiger partial charge in [-0.25, -0.2) is 0 Å². The van der Waals surface area contributed by atoms with Crippen molar-refractivity contribution in [3.8, 4) is 5.75 Å². The summed E-state index contributed by atoms with van der Waals surface area (Å²) in [6, 6.07) is 7.69. The Morgan fingerprint density at radius 1 is 1.42 bits per heavy atom. The van der Waals surface area contributed by atoms with Crippen LogP contribution in [0.5, 0.6) is 5.75 Å². The molecule has 1 aliphatic carbocycles. The van der Waals surface area contributed by atoms with Crippen LogP contribution >= 0.6 is 0 Å². The van der Waals surface area contributed by atoms with E-state index in [2.05, 4.69) is 17.4 Å². The van der Waals surface area contributed by atoms with Crippen molar-refractivity contribution in [3.63, 3.8) is 0 Å². The van der Waals surface area contributed by atoms with E-state index in [1.54, 1.807) is 14.0 Å². The molecule has 1 atom stereocenters. The minimum Gasteiger partial charge on any atom is -0.497 e. The summed E-state index contributed by atoms with van der Waals surface area (Å²) in [4.78, 5) is 11.6. The molecule has 4 nitrogen and oxygen atoms in total. The number of nitrogens with one attached hydrogen (secondary N) is 1. The molecule has 104 valence electrons. The Hall–Kier alpha value is -1.55. The van der Waals surface area contributed by atoms with Gasteiger partial charge in [0.25, 0.3) is 0 Å². The Balaban J connectivity index is 2.06. The molecule has 19 heavy (non-hydrogen) atoms. The third kappa shape index (κ3) is 2.89. The van der Waals surface area contributed by atoms with Crippen molar-refractivity contribution in [2.45, 2.75) is 37.6 Å². The monoisotopic (exact) mass is 262 g/mol. The van der Waals surface area contributed by atoms with Crippen LogP contribution in [-0.4, -0.2) is 25.6 Å². The Kier molecular flexibility index (Phi) is 4.10. The fourth-order valence-corrected chi connectivity index (χ4v) is 2.53. The molecule has 1 aromatic rings. The molecule has 1 aliphatic rings. The molecule has 0 saturated heterocycles. The summed E-state index contributed by atoms with van der Waals surface area (Å²) in [5.74, 6) is 0.776. The van der Waals surface area contributed by atoms with Crippen LogP contribution < -0.4 is 15.8 Å². The first kappa shape index (κ1) is 13.9. The van der Waals surface area contributed by atoms with Crippen molar-refractivity contribution >= 4 is 5.91 Å². The van der Waals surface area contributed by atoms with Crippen LogP contribution in [0.2, 0.25) is 0 Å². The average molecular weight is 262 g/mol. The molecule has 1 fully saturated rings. The highest BCUT2D eigenvalue weighted by atomic mass is 16.5. The van der Waals surface area contributed by atoms with Crippen LogP contribution in [0.15, 0.2) is 24.3 Å². The fourth-order valence-electron chi connectivity index (χ4n) is 2.53. The van der Waals surface area contributed by atoms with E-state index in [0.29, 0.717) is 6.54 Å². The quantitative estimate of drug-likeness (QED) is 0.846. The highest BCUT2D eigenvalue weighted by molar-refractivity contribution is 5.81. The van der Waals surface area contributed by atoms with Gasteiger partial charge in [0.2, 0.25) is 5.91 Å². The lowest BCUT2D eigenvalue weighted by molar-refractivity contribution is -0.122. The van der Waals surface area contributed by atoms with E-state index < -0.39 is 6.04 Å². The summed E-state index contributed by atoms with van der Waals surface area (Å²) in [5, 5.41) is 2.96. The Labute approximate surface area is 114 Å². The second kappa shape index (κ2) is 5.61. The molecule has 4 heteroatoms. The molecule has 0 radical (unpaired) electrons. The lowest BCUT2D eigenvalue weighted by Crippen LogP contribution is -2.49. The Bertz CT molecular complexity index is 436. The summed E-state index contributed by atoms with van der Waals surface area (Å²) in [6.07, 6.45) is 3.43. The zero-order valence-electron chi connectivity index (χ0n) is 11.6. The van der Waals surface area contributed by atoms with Crippen LogP contribution in [0.4, 0.5) is 0 Å². The number of carbonyl (C=O) groups is 1. The van der Waals surface area contributed by atoms with Gasteiger partial charge >= 0.3 is 0 Å². The predicted octanol–water partition coefficient (Wildman–Crippen LogP) is 1.58. The highest BCUT2D eigenvalue weighted by Crippen LogP contribution is 2.43. The molecule has 3 N–H and O–H groups in total. The molecule has 0 aromatic heterocycles. The molecule has 1 amide bonds. The van der Waals surface area contributed by atoms with Crippen molar-refractivity contribution in [1.29, 1.82) is 0 Å². The average Bonchev–Trinajstić information content (AvgIpc) is 2.37. The van der Waals surface area contributed by atoms with E-state index in [1.807, 2.05) is 12.1 Å². The van der Waals surface area contributed by atoms with Crippen molar-refractivity contribution in [2.24, 2.45) is 5.73 Å². The number of rotatable bonds is 5. The van der Waals surface area contributed by atoms with Crippen LogP contribution in [0.1, 0.15) is 31.7 Å². The van der Waals surface area contributed by atoms with E-state index in [9.17, 15) is 4.79 Å². The first-order valence-corrected chi connectivity index (χ1v) is 6.75. The standard InChI is InChI=1S/C15H22N2O2/c1-11(16)14(18)17-10-15(8-3-9-15)12-4-6-13(19-2)7-5-12/h4-7,11H,3,8-10,16H2,1-2H3,(H,17,18). The van der Waals surface area contributed by atoms with Gasteiger partial charge in [-0.3, -0.25) is 4.79 Å². The largest absolute Gasteiger partial charge is 0.497 e. The molecule has 1 unspecified atom stereocenters. The molecule has 0 bridgehead atoms. The fraction of sp³-hybridized carbons (Fsp3) is 0.533. The molecule has 0 heterocycles. The second-order valence-corrected chi connectivity index (χ2v) is 5.37. The van der Waals surface area contributed by atoms with Crippen molar-refractivity contribution in [3.05, 3.63) is 29.8 Å². The number of hydrogen-bond acceptors (Lipinski definition) is 3. The number of nitrogens with two attached hydrogens (primary N) is 1. The third-order valence-electron chi connectivity index (χ3n) is 4.03. The lowest BCUT2D eigenvalue weighted by Gasteiger charge is -2.42. The van der Waals surface area contributed by atoms with E-state index in [4.69, 9.17) is 10.5 Å². The van der Waals surface area contributed by atoms with Gasteiger partial charge < -0.3 is 15.8 Å². The summed E-state index contributed by atoms with van der Waals surface area (Å²) in [5.41, 5.74) is 6.92. The maximum atomic E-state index is 11.6. The zero-order chi connectivity index (χ0) is 13.9. The van der Waals surface area contributed by atoms with Crippen molar-refractivity contribution in [1.82, 2.24) is 5.32 Å². The summed E-state index contributed by atoms with van der Waals surface area (Å²) in [6.45, 7) is 2.37. The number of carbonyl (C=O) groups excluding carboxylic acids is 1. The number of benzene rings is 1. The summed E-state index contributed by atoms with van der Waals surface area (Å²) in [7, 11) is 1.66. The van der Waals surface area contributed by atoms with Gasteiger partial charge in [0, 0.05) is 12.0 Å². The Morgan fingerprint density at radius 3 is 2.47 bits per heavy atom. The van der Waals surface area contributed by atoms with Crippen molar-refractivity contribution in [2.75, 3.05) is 13.7 Å². The van der Waals surface area contributed by atoms with Gasteiger partial charge in [-0.1, -0.05) is 18.6 Å². The molecule has 2 rings (SSSR count). The molecule has 0 aliphatic heterocycles. The van der Waals surface area contributed by atoms with Crippen LogP contribution in [0, 0.1) is 0 Å². The van der Waals surface area contributed by atoms with Crippen LogP contribution in [0.3, 0.4) is 0 Å². The van der Waals surface area contributed by atoms with Gasteiger partial charge in [0.1, 0.15) is 5.75 Å². The SMILES string of the molecule is COc1ccc(C2(CNC(=O)C(C)N)CCC2)cc1. The normalized spacial score (nSPS) is 18.3. The molecule has 1 aromatic carbocycles. The van der Waals surface area contributed by atoms with Gasteiger partial charge in [0.15, 0.2) is 0 Å². The van der Waals surface area contributed by atoms with Gasteiger partial charge in [0.05, 0.1) is 13.2 Å². The number of methoxy groups -OCH3 is 1. The number of ether oxygens (including phenoxy) is 1. The van der Waals surface area contributed by atoms with Crippen LogP contribution in [0.25, 0.3) is 0 Å². The first-order chi connectivity index (χ1) is 9.07. The predicted molar refractivity (Wildman–Crippen MR) is 75.2 cm³/mol. The lowest BCUT2D eigenvalue weighted by atomic mass is 9.64. The molecular formula is C15H22N2O2. The van der Waals surface area contributed by atoms with Gasteiger partial charge in [-0.15, -0.1) is 0 Å². The summed E-state index contributed by atoms with van der Waals surface area (Å²) >= 11 is 0. The smallest absolute Gasteiger partial charge is 0.236 e.